The Morgan fingerprint density at radius 2 is 2.00 bits per heavy atom. The normalized spacial score (nSPS) is 18.0. The molecule has 0 fully saturated rings. The van der Waals surface area contributed by atoms with E-state index in [2.05, 4.69) is 3.51 Å². The maximum absolute atomic E-state index is 2.53. The van der Waals surface area contributed by atoms with Crippen molar-refractivity contribution in [2.24, 2.45) is 0 Å². The molecule has 0 nitrogen and oxygen atoms in total. The summed E-state index contributed by atoms with van der Waals surface area (Å²) in [4.78, 5) is 0. The Morgan fingerprint density at radius 1 is 1.75 bits per heavy atom. The van der Waals surface area contributed by atoms with E-state index in [0.717, 1.165) is 0 Å². The SMILES string of the molecule is [CH]1=[Hg][CH2]C1. The van der Waals surface area contributed by atoms with Gasteiger partial charge in [-0.3, -0.25) is 0 Å². The van der Waals surface area contributed by atoms with Gasteiger partial charge in [0.05, 0.1) is 0 Å². The Bertz CT molecular complexity index is 32.5. The van der Waals surface area contributed by atoms with Gasteiger partial charge >= 0.3 is 37.9 Å². The molecule has 0 N–H and O–H groups in total. The van der Waals surface area contributed by atoms with Crippen LogP contribution >= 0.6 is 0 Å². The van der Waals surface area contributed by atoms with Crippen LogP contribution in [0.1, 0.15) is 6.42 Å². The Labute approximate surface area is 38.1 Å². The van der Waals surface area contributed by atoms with Gasteiger partial charge in [-0.1, -0.05) is 0 Å². The molecule has 0 bridgehead atoms. The molecule has 19 valence electrons. The van der Waals surface area contributed by atoms with E-state index in [1.165, 1.54) is 6.42 Å². The van der Waals surface area contributed by atoms with Crippen molar-refractivity contribution in [3.8, 4) is 0 Å². The standard InChI is InChI=1S/C3H5.Hg/c1-3-2;/h1H,2-3H2;. The third-order valence-corrected chi connectivity index (χ3v) is 7.16. The van der Waals surface area contributed by atoms with Crippen molar-refractivity contribution in [2.75, 3.05) is 0 Å². The molecule has 0 amide bonds. The second-order valence-electron chi connectivity index (χ2n) is 1.22. The van der Waals surface area contributed by atoms with Gasteiger partial charge in [-0.25, -0.2) is 0 Å². The average Bonchev–Trinajstić information content (AvgIpc) is 0.722. The van der Waals surface area contributed by atoms with Crippen LogP contribution in [0, 0.1) is 0 Å². The first-order valence-electron chi connectivity index (χ1n) is 1.82. The van der Waals surface area contributed by atoms with E-state index in [0.29, 0.717) is 0 Å². The van der Waals surface area contributed by atoms with Crippen LogP contribution in [-0.2, 0) is 24.1 Å². The van der Waals surface area contributed by atoms with Gasteiger partial charge in [-0.15, -0.1) is 0 Å². The second-order valence-corrected chi connectivity index (χ2v) is 8.46. The molecular formula is C3H5Hg. The molecule has 0 aliphatic carbocycles. The number of rotatable bonds is 0. The van der Waals surface area contributed by atoms with Gasteiger partial charge in [0.25, 0.3) is 0 Å². The van der Waals surface area contributed by atoms with Gasteiger partial charge in [-0.05, 0) is 0 Å². The first kappa shape index (κ1) is 3.01. The van der Waals surface area contributed by atoms with E-state index >= 15 is 0 Å². The zero-order chi connectivity index (χ0) is 2.83. The average molecular weight is 242 g/mol. The van der Waals surface area contributed by atoms with E-state index in [-0.39, 0.29) is 24.1 Å². The fourth-order valence-corrected chi connectivity index (χ4v) is 1.79. The Hall–Kier alpha value is 0.805. The molecule has 1 aliphatic heterocycles. The van der Waals surface area contributed by atoms with Gasteiger partial charge in [0.2, 0.25) is 0 Å². The number of hydrogen-bond donors (Lipinski definition) is 0. The van der Waals surface area contributed by atoms with Crippen LogP contribution in [0.2, 0.25) is 3.93 Å². The minimum atomic E-state index is -0.0571. The van der Waals surface area contributed by atoms with Gasteiger partial charge < -0.3 is 0 Å². The molecular weight excluding hydrogens is 237 g/mol. The molecule has 1 aliphatic rings. The van der Waals surface area contributed by atoms with Crippen molar-refractivity contribution in [3.63, 3.8) is 0 Å². The third kappa shape index (κ3) is 0.396. The van der Waals surface area contributed by atoms with Crippen molar-refractivity contribution >= 4 is 3.51 Å². The topological polar surface area (TPSA) is 0 Å². The third-order valence-electron chi connectivity index (χ3n) is 0.816. The minimum absolute atomic E-state index is 0.0571. The Morgan fingerprint density at radius 3 is 2.00 bits per heavy atom. The van der Waals surface area contributed by atoms with Crippen LogP contribution in [0.4, 0.5) is 0 Å². The van der Waals surface area contributed by atoms with Gasteiger partial charge in [0.1, 0.15) is 0 Å². The predicted molar refractivity (Wildman–Crippen MR) is 15.5 cm³/mol. The quantitative estimate of drug-likeness (QED) is 0.548. The van der Waals surface area contributed by atoms with Gasteiger partial charge in [0.15, 0.2) is 0 Å². The van der Waals surface area contributed by atoms with E-state index in [9.17, 15) is 0 Å². The van der Waals surface area contributed by atoms with Crippen molar-refractivity contribution < 1.29 is 24.1 Å². The first-order chi connectivity index (χ1) is 2.00. The molecule has 0 aromatic rings. The van der Waals surface area contributed by atoms with Crippen LogP contribution in [0.15, 0.2) is 0 Å². The van der Waals surface area contributed by atoms with E-state index in [4.69, 9.17) is 0 Å². The zero-order valence-electron chi connectivity index (χ0n) is 2.70. The van der Waals surface area contributed by atoms with Gasteiger partial charge in [-0.2, -0.15) is 0 Å². The molecule has 1 heterocycles. The zero-order valence-corrected chi connectivity index (χ0v) is 8.20. The first-order valence-corrected chi connectivity index (χ1v) is 8.88. The predicted octanol–water partition coefficient (Wildman–Crippen LogP) is 0.693. The molecule has 0 unspecified atom stereocenters. The summed E-state index contributed by atoms with van der Waals surface area (Å²) in [5, 5.41) is 0. The summed E-state index contributed by atoms with van der Waals surface area (Å²) in [6.07, 6.45) is 1.47. The fourth-order valence-electron chi connectivity index (χ4n) is 0.204. The summed E-state index contributed by atoms with van der Waals surface area (Å²) in [5.41, 5.74) is 0. The molecule has 4 heavy (non-hydrogen) atoms. The van der Waals surface area contributed by atoms with E-state index < -0.39 is 0 Å². The molecule has 1 heteroatoms. The molecule has 0 saturated carbocycles. The molecule has 0 spiro atoms. The van der Waals surface area contributed by atoms with Crippen molar-refractivity contribution in [1.29, 1.82) is 0 Å². The summed E-state index contributed by atoms with van der Waals surface area (Å²) < 4.78 is 4.19. The monoisotopic (exact) mass is 243 g/mol. The summed E-state index contributed by atoms with van der Waals surface area (Å²) in [6, 6.07) is 0. The molecule has 0 aromatic carbocycles. The van der Waals surface area contributed by atoms with E-state index in [1.54, 1.807) is 3.93 Å². The molecule has 0 atom stereocenters. The van der Waals surface area contributed by atoms with E-state index in [1.807, 2.05) is 0 Å². The van der Waals surface area contributed by atoms with Crippen LogP contribution in [-0.4, -0.2) is 3.51 Å². The van der Waals surface area contributed by atoms with Crippen molar-refractivity contribution in [2.45, 2.75) is 10.4 Å². The van der Waals surface area contributed by atoms with Crippen LogP contribution in [0.25, 0.3) is 0 Å². The Kier molecular flexibility index (Phi) is 0.977. The van der Waals surface area contributed by atoms with Crippen molar-refractivity contribution in [1.82, 2.24) is 0 Å². The summed E-state index contributed by atoms with van der Waals surface area (Å²) >= 11 is -0.0571. The molecule has 1 rings (SSSR count). The van der Waals surface area contributed by atoms with Crippen LogP contribution < -0.4 is 0 Å². The van der Waals surface area contributed by atoms with Crippen molar-refractivity contribution in [3.05, 3.63) is 0 Å². The molecule has 0 aromatic heterocycles. The summed E-state index contributed by atoms with van der Waals surface area (Å²) in [7, 11) is 0. The summed E-state index contributed by atoms with van der Waals surface area (Å²) in [5.74, 6) is 0. The Balaban J connectivity index is 2.47. The second kappa shape index (κ2) is 1.30. The maximum atomic E-state index is 2.53. The molecule has 0 saturated heterocycles. The van der Waals surface area contributed by atoms with Gasteiger partial charge in [0, 0.05) is 0 Å². The number of hydrogen-bond acceptors (Lipinski definition) is 0. The van der Waals surface area contributed by atoms with Crippen LogP contribution in [0.5, 0.6) is 0 Å². The fraction of sp³-hybridized carbons (Fsp3) is 0.667. The van der Waals surface area contributed by atoms with Crippen LogP contribution in [0.3, 0.4) is 0 Å². The summed E-state index contributed by atoms with van der Waals surface area (Å²) in [6.45, 7) is 0. The molecule has 0 radical (unpaired) electrons.